The molecule has 0 saturated heterocycles. The summed E-state index contributed by atoms with van der Waals surface area (Å²) in [6.07, 6.45) is 15.2. The fourth-order valence-corrected chi connectivity index (χ4v) is 3.51. The van der Waals surface area contributed by atoms with E-state index in [9.17, 15) is 0 Å². The van der Waals surface area contributed by atoms with Crippen LogP contribution in [0.1, 0.15) is 111 Å². The summed E-state index contributed by atoms with van der Waals surface area (Å²) < 4.78 is 19.3. The van der Waals surface area contributed by atoms with E-state index in [0.717, 1.165) is 58.0 Å². The van der Waals surface area contributed by atoms with Crippen LogP contribution in [0.15, 0.2) is 0 Å². The molecule has 0 saturated carbocycles. The molecule has 0 amide bonds. The zero-order chi connectivity index (χ0) is 22.3. The van der Waals surface area contributed by atoms with Crippen molar-refractivity contribution in [1.29, 1.82) is 0 Å². The van der Waals surface area contributed by atoms with Crippen molar-refractivity contribution in [2.24, 2.45) is 11.7 Å². The number of rotatable bonds is 24. The number of unbranched alkanes of at least 4 members (excludes halogenated alkanes) is 8. The molecule has 30 heavy (non-hydrogen) atoms. The van der Waals surface area contributed by atoms with E-state index in [2.05, 4.69) is 33.0 Å². The average molecular weight is 431 g/mol. The summed E-state index contributed by atoms with van der Waals surface area (Å²) in [5.41, 5.74) is 5.73. The highest BCUT2D eigenvalue weighted by Crippen LogP contribution is 2.31. The molecule has 0 heterocycles. The zero-order valence-corrected chi connectivity index (χ0v) is 20.8. The van der Waals surface area contributed by atoms with Gasteiger partial charge in [0.05, 0.1) is 25.7 Å². The Hall–Kier alpha value is -0.200. The van der Waals surface area contributed by atoms with Crippen LogP contribution in [-0.4, -0.2) is 45.4 Å². The van der Waals surface area contributed by atoms with Gasteiger partial charge in [-0.25, -0.2) is 0 Å². The predicted molar refractivity (Wildman–Crippen MR) is 129 cm³/mol. The van der Waals surface area contributed by atoms with Gasteiger partial charge in [-0.05, 0) is 25.7 Å². The van der Waals surface area contributed by atoms with Gasteiger partial charge in [-0.1, -0.05) is 85.5 Å². The van der Waals surface area contributed by atoms with E-state index in [4.69, 9.17) is 19.9 Å². The summed E-state index contributed by atoms with van der Waals surface area (Å²) in [7, 11) is 0. The molecule has 0 bridgehead atoms. The molecule has 0 aromatic rings. The maximum Gasteiger partial charge on any atom is 0.287 e. The van der Waals surface area contributed by atoms with Crippen molar-refractivity contribution >= 4 is 0 Å². The minimum Gasteiger partial charge on any atom is -0.329 e. The molecule has 0 rings (SSSR count). The van der Waals surface area contributed by atoms with Crippen LogP contribution in [-0.2, 0) is 14.2 Å². The summed E-state index contributed by atoms with van der Waals surface area (Å²) in [4.78, 5) is 0. The Morgan fingerprint density at radius 1 is 0.667 bits per heavy atom. The number of hydrogen-bond donors (Lipinski definition) is 2. The monoisotopic (exact) mass is 430 g/mol. The first kappa shape index (κ1) is 29.8. The van der Waals surface area contributed by atoms with Crippen LogP contribution in [0.2, 0.25) is 0 Å². The minimum absolute atomic E-state index is 0.167. The molecule has 0 aliphatic carbocycles. The van der Waals surface area contributed by atoms with E-state index in [1.54, 1.807) is 0 Å². The van der Waals surface area contributed by atoms with Crippen LogP contribution in [0.4, 0.5) is 0 Å². The van der Waals surface area contributed by atoms with Gasteiger partial charge in [0.15, 0.2) is 0 Å². The highest BCUT2D eigenvalue weighted by molar-refractivity contribution is 4.76. The van der Waals surface area contributed by atoms with E-state index >= 15 is 0 Å². The highest BCUT2D eigenvalue weighted by atomic mass is 16.9. The third-order valence-electron chi connectivity index (χ3n) is 5.52. The largest absolute Gasteiger partial charge is 0.329 e. The van der Waals surface area contributed by atoms with Crippen LogP contribution < -0.4 is 11.1 Å². The molecule has 5 nitrogen and oxygen atoms in total. The second kappa shape index (κ2) is 22.0. The summed E-state index contributed by atoms with van der Waals surface area (Å²) in [5.74, 6) is -0.773. The number of ether oxygens (including phenoxy) is 3. The smallest absolute Gasteiger partial charge is 0.287 e. The molecular weight excluding hydrogens is 376 g/mol. The Bertz CT molecular complexity index is 316. The summed E-state index contributed by atoms with van der Waals surface area (Å²) in [5, 5.41) is 3.51. The molecular formula is C25H54N2O3. The van der Waals surface area contributed by atoms with Gasteiger partial charge < -0.3 is 25.3 Å². The van der Waals surface area contributed by atoms with Crippen LogP contribution in [0, 0.1) is 5.92 Å². The lowest BCUT2D eigenvalue weighted by molar-refractivity contribution is -0.405. The number of nitrogens with one attached hydrogen (secondary N) is 1. The van der Waals surface area contributed by atoms with Crippen molar-refractivity contribution in [3.05, 3.63) is 0 Å². The van der Waals surface area contributed by atoms with Crippen molar-refractivity contribution in [2.45, 2.75) is 117 Å². The highest BCUT2D eigenvalue weighted by Gasteiger charge is 2.42. The maximum absolute atomic E-state index is 6.44. The minimum atomic E-state index is -0.940. The first-order chi connectivity index (χ1) is 14.7. The van der Waals surface area contributed by atoms with E-state index in [1.807, 2.05) is 0 Å². The Labute approximate surface area is 188 Å². The second-order valence-corrected chi connectivity index (χ2v) is 8.46. The third-order valence-corrected chi connectivity index (χ3v) is 5.52. The van der Waals surface area contributed by atoms with Gasteiger partial charge in [0.25, 0.3) is 5.97 Å². The normalized spacial score (nSPS) is 13.1. The van der Waals surface area contributed by atoms with Crippen LogP contribution in [0.5, 0.6) is 0 Å². The van der Waals surface area contributed by atoms with Crippen molar-refractivity contribution in [3.63, 3.8) is 0 Å². The van der Waals surface area contributed by atoms with E-state index in [-0.39, 0.29) is 5.92 Å². The van der Waals surface area contributed by atoms with Crippen LogP contribution >= 0.6 is 0 Å². The molecule has 5 heteroatoms. The standard InChI is InChI=1S/C25H54N2O3/c1-5-9-13-14-15-16-17-24(23-27-19-18-26)25(28-20-10-6-2,29-21-11-7-3)30-22-12-8-4/h24,27H,5-23,26H2,1-4H3. The van der Waals surface area contributed by atoms with Gasteiger partial charge in [0.1, 0.15) is 0 Å². The fourth-order valence-electron chi connectivity index (χ4n) is 3.51. The first-order valence-corrected chi connectivity index (χ1v) is 13.0. The number of nitrogens with two attached hydrogens (primary N) is 1. The van der Waals surface area contributed by atoms with Gasteiger partial charge in [-0.15, -0.1) is 0 Å². The Balaban J connectivity index is 5.25. The molecule has 0 spiro atoms. The molecule has 0 aromatic heterocycles. The Kier molecular flexibility index (Phi) is 21.9. The Morgan fingerprint density at radius 3 is 1.60 bits per heavy atom. The van der Waals surface area contributed by atoms with E-state index < -0.39 is 5.97 Å². The van der Waals surface area contributed by atoms with Crippen molar-refractivity contribution in [2.75, 3.05) is 39.5 Å². The molecule has 1 atom stereocenters. The molecule has 0 aliphatic heterocycles. The zero-order valence-electron chi connectivity index (χ0n) is 20.8. The second-order valence-electron chi connectivity index (χ2n) is 8.46. The van der Waals surface area contributed by atoms with Gasteiger partial charge >= 0.3 is 0 Å². The molecule has 3 N–H and O–H groups in total. The lowest BCUT2D eigenvalue weighted by Gasteiger charge is -2.40. The lowest BCUT2D eigenvalue weighted by Crippen LogP contribution is -2.51. The van der Waals surface area contributed by atoms with Gasteiger partial charge in [-0.2, -0.15) is 0 Å². The topological polar surface area (TPSA) is 65.7 Å². The average Bonchev–Trinajstić information content (AvgIpc) is 2.75. The summed E-state index contributed by atoms with van der Waals surface area (Å²) in [6.45, 7) is 13.1. The van der Waals surface area contributed by atoms with Gasteiger partial charge in [0, 0.05) is 19.6 Å². The first-order valence-electron chi connectivity index (χ1n) is 13.0. The quantitative estimate of drug-likeness (QED) is 0.145. The van der Waals surface area contributed by atoms with E-state index in [1.165, 1.54) is 38.5 Å². The van der Waals surface area contributed by atoms with Crippen molar-refractivity contribution < 1.29 is 14.2 Å². The van der Waals surface area contributed by atoms with Crippen molar-refractivity contribution in [3.8, 4) is 0 Å². The number of hydrogen-bond acceptors (Lipinski definition) is 5. The lowest BCUT2D eigenvalue weighted by atomic mass is 9.97. The molecule has 182 valence electrons. The van der Waals surface area contributed by atoms with Crippen molar-refractivity contribution in [1.82, 2.24) is 5.32 Å². The Morgan fingerprint density at radius 2 is 1.13 bits per heavy atom. The molecule has 1 unspecified atom stereocenters. The molecule has 0 aromatic carbocycles. The third kappa shape index (κ3) is 14.7. The van der Waals surface area contributed by atoms with Gasteiger partial charge in [-0.3, -0.25) is 0 Å². The van der Waals surface area contributed by atoms with Crippen LogP contribution in [0.3, 0.4) is 0 Å². The maximum atomic E-state index is 6.44. The van der Waals surface area contributed by atoms with Crippen LogP contribution in [0.25, 0.3) is 0 Å². The van der Waals surface area contributed by atoms with E-state index in [0.29, 0.717) is 26.4 Å². The predicted octanol–water partition coefficient (Wildman–Crippen LogP) is 6.01. The SMILES string of the molecule is CCCCCCCCC(CNCCN)C(OCCCC)(OCCCC)OCCCC. The fraction of sp³-hybridized carbons (Fsp3) is 1.00. The van der Waals surface area contributed by atoms with Gasteiger partial charge in [0.2, 0.25) is 0 Å². The molecule has 0 radical (unpaired) electrons. The molecule has 0 aliphatic rings. The summed E-state index contributed by atoms with van der Waals surface area (Å²) >= 11 is 0. The summed E-state index contributed by atoms with van der Waals surface area (Å²) in [6, 6.07) is 0. The molecule has 0 fully saturated rings.